The number of sulfonamides is 1. The summed E-state index contributed by atoms with van der Waals surface area (Å²) in [4.78, 5) is 7.30. The molecule has 1 heterocycles. The molecule has 1 aliphatic carbocycles. The molecule has 2 rings (SSSR count). The summed E-state index contributed by atoms with van der Waals surface area (Å²) in [5, 5.41) is 9.60. The predicted octanol–water partition coefficient (Wildman–Crippen LogP) is 1.35. The van der Waals surface area contributed by atoms with E-state index in [-0.39, 0.29) is 16.8 Å². The minimum Gasteiger partial charge on any atom is -0.394 e. The van der Waals surface area contributed by atoms with Crippen molar-refractivity contribution in [3.05, 3.63) is 17.7 Å². The van der Waals surface area contributed by atoms with Crippen LogP contribution in [0.1, 0.15) is 32.6 Å². The van der Waals surface area contributed by atoms with Gasteiger partial charge >= 0.3 is 0 Å². The van der Waals surface area contributed by atoms with Crippen LogP contribution in [0.5, 0.6) is 0 Å². The Morgan fingerprint density at radius 1 is 1.40 bits per heavy atom. The quantitative estimate of drug-likeness (QED) is 0.817. The van der Waals surface area contributed by atoms with Gasteiger partial charge in [0.15, 0.2) is 0 Å². The summed E-state index contributed by atoms with van der Waals surface area (Å²) < 4.78 is 27.2. The van der Waals surface area contributed by atoms with Crippen molar-refractivity contribution in [3.8, 4) is 0 Å². The third-order valence-electron chi connectivity index (χ3n) is 3.79. The van der Waals surface area contributed by atoms with Crippen molar-refractivity contribution < 1.29 is 13.5 Å². The van der Waals surface area contributed by atoms with Crippen LogP contribution in [0.3, 0.4) is 0 Å². The number of hydrogen-bond donors (Lipinski definition) is 2. The van der Waals surface area contributed by atoms with E-state index in [4.69, 9.17) is 11.6 Å². The van der Waals surface area contributed by atoms with Gasteiger partial charge in [0.05, 0.1) is 24.5 Å². The van der Waals surface area contributed by atoms with Gasteiger partial charge in [0.25, 0.3) is 0 Å². The van der Waals surface area contributed by atoms with Crippen LogP contribution in [0.15, 0.2) is 17.3 Å². The normalized spacial score (nSPS) is 27.4. The molecule has 0 spiro atoms. The highest BCUT2D eigenvalue weighted by Gasteiger charge is 2.37. The Hall–Kier alpha value is -0.760. The minimum absolute atomic E-state index is 0.00712. The lowest BCUT2D eigenvalue weighted by atomic mass is 9.78. The van der Waals surface area contributed by atoms with E-state index in [1.165, 1.54) is 0 Å². The average molecular weight is 320 g/mol. The Labute approximate surface area is 123 Å². The van der Waals surface area contributed by atoms with Gasteiger partial charge in [0.2, 0.25) is 15.3 Å². The van der Waals surface area contributed by atoms with Crippen molar-refractivity contribution in [1.82, 2.24) is 14.7 Å². The lowest BCUT2D eigenvalue weighted by Crippen LogP contribution is -2.53. The van der Waals surface area contributed by atoms with Crippen LogP contribution in [-0.2, 0) is 10.0 Å². The van der Waals surface area contributed by atoms with E-state index >= 15 is 0 Å². The number of aliphatic hydroxyl groups is 1. The Kier molecular flexibility index (Phi) is 4.63. The van der Waals surface area contributed by atoms with Crippen LogP contribution >= 0.6 is 11.6 Å². The molecule has 0 unspecified atom stereocenters. The largest absolute Gasteiger partial charge is 0.394 e. The van der Waals surface area contributed by atoms with Crippen molar-refractivity contribution in [2.24, 2.45) is 5.92 Å². The number of nitrogens with zero attached hydrogens (tertiary/aromatic N) is 2. The summed E-state index contributed by atoms with van der Waals surface area (Å²) >= 11 is 5.55. The third-order valence-corrected chi connectivity index (χ3v) is 5.52. The van der Waals surface area contributed by atoms with Gasteiger partial charge in [-0.25, -0.2) is 23.1 Å². The first-order chi connectivity index (χ1) is 9.37. The van der Waals surface area contributed by atoms with Gasteiger partial charge in [-0.15, -0.1) is 0 Å². The molecule has 0 bridgehead atoms. The average Bonchev–Trinajstić information content (AvgIpc) is 2.42. The molecule has 0 aromatic carbocycles. The lowest BCUT2D eigenvalue weighted by Gasteiger charge is -2.38. The zero-order chi connectivity index (χ0) is 14.8. The smallest absolute Gasteiger partial charge is 0.244 e. The van der Waals surface area contributed by atoms with Crippen LogP contribution in [0, 0.1) is 5.92 Å². The van der Waals surface area contributed by atoms with Gasteiger partial charge in [-0.1, -0.05) is 6.92 Å². The second-order valence-electron chi connectivity index (χ2n) is 5.41. The van der Waals surface area contributed by atoms with Crippen LogP contribution in [0.25, 0.3) is 0 Å². The maximum atomic E-state index is 12.3. The summed E-state index contributed by atoms with van der Waals surface area (Å²) in [6.45, 7) is 1.91. The summed E-state index contributed by atoms with van der Waals surface area (Å²) in [5.41, 5.74) is -0.787. The molecule has 0 atom stereocenters. The van der Waals surface area contributed by atoms with Crippen LogP contribution in [0.4, 0.5) is 0 Å². The van der Waals surface area contributed by atoms with Crippen molar-refractivity contribution in [3.63, 3.8) is 0 Å². The van der Waals surface area contributed by atoms with Crippen LogP contribution in [-0.4, -0.2) is 35.6 Å². The molecule has 0 amide bonds. The van der Waals surface area contributed by atoms with Gasteiger partial charge in [-0.2, -0.15) is 0 Å². The number of aromatic nitrogens is 2. The van der Waals surface area contributed by atoms with Gasteiger partial charge in [0.1, 0.15) is 4.90 Å². The summed E-state index contributed by atoms with van der Waals surface area (Å²) in [5.74, 6) is 0.554. The van der Waals surface area contributed by atoms with Crippen molar-refractivity contribution >= 4 is 21.6 Å². The van der Waals surface area contributed by atoms with E-state index in [0.717, 1.165) is 25.2 Å². The highest BCUT2D eigenvalue weighted by Crippen LogP contribution is 2.32. The fourth-order valence-electron chi connectivity index (χ4n) is 2.39. The van der Waals surface area contributed by atoms with E-state index in [2.05, 4.69) is 21.6 Å². The number of aliphatic hydroxyl groups excluding tert-OH is 1. The fraction of sp³-hybridized carbons (Fsp3) is 0.667. The second kappa shape index (κ2) is 5.93. The van der Waals surface area contributed by atoms with Crippen LogP contribution in [0.2, 0.25) is 5.28 Å². The number of hydrogen-bond acceptors (Lipinski definition) is 5. The molecule has 1 aromatic rings. The molecule has 8 heteroatoms. The predicted molar refractivity (Wildman–Crippen MR) is 74.8 cm³/mol. The van der Waals surface area contributed by atoms with Gasteiger partial charge in [-0.3, -0.25) is 0 Å². The highest BCUT2D eigenvalue weighted by atomic mass is 35.5. The Morgan fingerprint density at radius 2 is 1.95 bits per heavy atom. The molecule has 1 fully saturated rings. The molecular weight excluding hydrogens is 302 g/mol. The van der Waals surface area contributed by atoms with Gasteiger partial charge in [0, 0.05) is 0 Å². The molecule has 112 valence electrons. The monoisotopic (exact) mass is 319 g/mol. The molecule has 0 radical (unpaired) electrons. The molecule has 1 aromatic heterocycles. The number of nitrogens with one attached hydrogen (secondary N) is 1. The van der Waals surface area contributed by atoms with Crippen molar-refractivity contribution in [2.75, 3.05) is 6.61 Å². The van der Waals surface area contributed by atoms with E-state index in [0.29, 0.717) is 18.8 Å². The van der Waals surface area contributed by atoms with Crippen molar-refractivity contribution in [2.45, 2.75) is 43.0 Å². The van der Waals surface area contributed by atoms with E-state index in [9.17, 15) is 13.5 Å². The third kappa shape index (κ3) is 3.46. The molecule has 20 heavy (non-hydrogen) atoms. The zero-order valence-corrected chi connectivity index (χ0v) is 12.8. The first kappa shape index (κ1) is 15.6. The molecule has 1 aliphatic rings. The Bertz CT molecular complexity index is 554. The maximum absolute atomic E-state index is 12.3. The number of rotatable bonds is 4. The first-order valence-electron chi connectivity index (χ1n) is 6.49. The van der Waals surface area contributed by atoms with E-state index < -0.39 is 15.6 Å². The standard InChI is InChI=1S/C12H18ClN3O3S/c1-9-2-4-12(8-17,5-3-9)16-20(18,19)10-6-14-11(13)15-7-10/h6-7,9,16-17H,2-5,8H2,1H3. The van der Waals surface area contributed by atoms with E-state index in [1.54, 1.807) is 0 Å². The molecule has 6 nitrogen and oxygen atoms in total. The molecule has 0 aliphatic heterocycles. The van der Waals surface area contributed by atoms with Crippen molar-refractivity contribution in [1.29, 1.82) is 0 Å². The highest BCUT2D eigenvalue weighted by molar-refractivity contribution is 7.89. The van der Waals surface area contributed by atoms with Gasteiger partial charge in [-0.05, 0) is 43.2 Å². The number of halogens is 1. The van der Waals surface area contributed by atoms with E-state index in [1.807, 2.05) is 0 Å². The summed E-state index contributed by atoms with van der Waals surface area (Å²) in [6.07, 6.45) is 5.35. The molecule has 0 saturated heterocycles. The minimum atomic E-state index is -3.76. The first-order valence-corrected chi connectivity index (χ1v) is 8.35. The van der Waals surface area contributed by atoms with Crippen LogP contribution < -0.4 is 4.72 Å². The Balaban J connectivity index is 2.20. The van der Waals surface area contributed by atoms with Gasteiger partial charge < -0.3 is 5.11 Å². The SMILES string of the molecule is CC1CCC(CO)(NS(=O)(=O)c2cnc(Cl)nc2)CC1. The zero-order valence-electron chi connectivity index (χ0n) is 11.2. The second-order valence-corrected chi connectivity index (χ2v) is 7.43. The topological polar surface area (TPSA) is 92.2 Å². The summed E-state index contributed by atoms with van der Waals surface area (Å²) in [6, 6.07) is 0. The Morgan fingerprint density at radius 3 is 2.45 bits per heavy atom. The molecule has 1 saturated carbocycles. The lowest BCUT2D eigenvalue weighted by molar-refractivity contribution is 0.125. The molecular formula is C12H18ClN3O3S. The molecule has 2 N–H and O–H groups in total. The fourth-order valence-corrected chi connectivity index (χ4v) is 3.83. The summed E-state index contributed by atoms with van der Waals surface area (Å²) in [7, 11) is -3.76. The maximum Gasteiger partial charge on any atom is 0.244 e.